The van der Waals surface area contributed by atoms with Gasteiger partial charge in [0.1, 0.15) is 5.38 Å². The van der Waals surface area contributed by atoms with E-state index >= 15 is 0 Å². The van der Waals surface area contributed by atoms with E-state index in [1.165, 1.54) is 7.11 Å². The van der Waals surface area contributed by atoms with Gasteiger partial charge in [0.2, 0.25) is 5.91 Å². The van der Waals surface area contributed by atoms with Crippen LogP contribution in [-0.4, -0.2) is 61.5 Å². The van der Waals surface area contributed by atoms with E-state index in [4.69, 9.17) is 11.6 Å². The molecule has 1 aliphatic rings. The number of ether oxygens (including phenoxy) is 1. The molecule has 1 aromatic rings. The minimum absolute atomic E-state index is 0.0828. The third-order valence-electron chi connectivity index (χ3n) is 3.57. The van der Waals surface area contributed by atoms with Crippen LogP contribution >= 0.6 is 11.6 Å². The maximum atomic E-state index is 12.4. The predicted molar refractivity (Wildman–Crippen MR) is 80.1 cm³/mol. The number of halogens is 1. The molecule has 0 bridgehead atoms. The first-order valence-corrected chi connectivity index (χ1v) is 7.32. The number of hydrogen-bond acceptors (Lipinski definition) is 4. The number of methoxy groups -OCH3 is 1. The third-order valence-corrected chi connectivity index (χ3v) is 4.01. The molecule has 0 saturated carbocycles. The van der Waals surface area contributed by atoms with Crippen molar-refractivity contribution >= 4 is 23.5 Å². The van der Waals surface area contributed by atoms with Gasteiger partial charge in [-0.3, -0.25) is 14.5 Å². The second-order valence-corrected chi connectivity index (χ2v) is 5.39. The van der Waals surface area contributed by atoms with Crippen molar-refractivity contribution in [1.29, 1.82) is 0 Å². The summed E-state index contributed by atoms with van der Waals surface area (Å²) in [5, 5.41) is -0.654. The Morgan fingerprint density at radius 1 is 1.19 bits per heavy atom. The lowest BCUT2D eigenvalue weighted by Gasteiger charge is -2.35. The lowest BCUT2D eigenvalue weighted by atomic mass is 10.1. The van der Waals surface area contributed by atoms with Gasteiger partial charge in [-0.25, -0.2) is 0 Å². The van der Waals surface area contributed by atoms with Crippen LogP contribution in [0, 0.1) is 0 Å². The van der Waals surface area contributed by atoms with E-state index in [-0.39, 0.29) is 18.4 Å². The van der Waals surface area contributed by atoms with Gasteiger partial charge in [-0.15, -0.1) is 11.6 Å². The topological polar surface area (TPSA) is 49.9 Å². The molecule has 1 aliphatic heterocycles. The Hall–Kier alpha value is -1.59. The minimum Gasteiger partial charge on any atom is -0.468 e. The number of nitrogens with zero attached hydrogens (tertiary/aromatic N) is 2. The van der Waals surface area contributed by atoms with Gasteiger partial charge < -0.3 is 9.64 Å². The molecule has 0 aromatic heterocycles. The van der Waals surface area contributed by atoms with Crippen molar-refractivity contribution in [2.75, 3.05) is 39.8 Å². The average molecular weight is 311 g/mol. The second kappa shape index (κ2) is 7.43. The Morgan fingerprint density at radius 3 is 2.38 bits per heavy atom. The van der Waals surface area contributed by atoms with Crippen LogP contribution in [0.1, 0.15) is 10.9 Å². The van der Waals surface area contributed by atoms with E-state index in [9.17, 15) is 9.59 Å². The van der Waals surface area contributed by atoms with Crippen LogP contribution in [-0.2, 0) is 14.3 Å². The van der Waals surface area contributed by atoms with Crippen LogP contribution in [0.3, 0.4) is 0 Å². The Balaban J connectivity index is 1.87. The summed E-state index contributed by atoms with van der Waals surface area (Å²) >= 11 is 6.25. The van der Waals surface area contributed by atoms with Gasteiger partial charge >= 0.3 is 5.97 Å². The van der Waals surface area contributed by atoms with E-state index in [0.717, 1.165) is 5.56 Å². The van der Waals surface area contributed by atoms with Gasteiger partial charge in [-0.05, 0) is 5.56 Å². The quantitative estimate of drug-likeness (QED) is 0.621. The molecule has 0 N–H and O–H groups in total. The van der Waals surface area contributed by atoms with Gasteiger partial charge in [-0.1, -0.05) is 30.3 Å². The zero-order valence-electron chi connectivity index (χ0n) is 12.0. The number of benzene rings is 1. The Bertz CT molecular complexity index is 487. The van der Waals surface area contributed by atoms with Gasteiger partial charge in [0, 0.05) is 26.2 Å². The summed E-state index contributed by atoms with van der Waals surface area (Å²) in [5.74, 6) is -0.338. The van der Waals surface area contributed by atoms with Crippen molar-refractivity contribution in [3.63, 3.8) is 0 Å². The number of carbonyl (C=O) groups is 2. The van der Waals surface area contributed by atoms with E-state index in [2.05, 4.69) is 4.74 Å². The first-order valence-electron chi connectivity index (χ1n) is 6.89. The molecular weight excluding hydrogens is 292 g/mol. The Kier molecular flexibility index (Phi) is 5.59. The molecule has 5 nitrogen and oxygen atoms in total. The number of esters is 1. The van der Waals surface area contributed by atoms with Crippen molar-refractivity contribution in [2.24, 2.45) is 0 Å². The summed E-state index contributed by atoms with van der Waals surface area (Å²) in [6, 6.07) is 9.33. The molecule has 0 spiro atoms. The van der Waals surface area contributed by atoms with Crippen LogP contribution in [0.2, 0.25) is 0 Å². The molecule has 1 saturated heterocycles. The van der Waals surface area contributed by atoms with Gasteiger partial charge in [0.25, 0.3) is 0 Å². The molecule has 1 fully saturated rings. The fourth-order valence-corrected chi connectivity index (χ4v) is 2.58. The molecule has 1 atom stereocenters. The summed E-state index contributed by atoms with van der Waals surface area (Å²) in [6.07, 6.45) is 0. The molecule has 2 rings (SSSR count). The highest BCUT2D eigenvalue weighted by molar-refractivity contribution is 6.30. The highest BCUT2D eigenvalue weighted by Crippen LogP contribution is 2.23. The minimum atomic E-state index is -0.654. The lowest BCUT2D eigenvalue weighted by molar-refractivity contribution is -0.142. The van der Waals surface area contributed by atoms with E-state index < -0.39 is 5.38 Å². The normalized spacial score (nSPS) is 17.3. The molecule has 0 radical (unpaired) electrons. The molecule has 1 heterocycles. The SMILES string of the molecule is COC(=O)CN1CCN(C(=O)C(Cl)c2ccccc2)CC1. The molecule has 0 aliphatic carbocycles. The Morgan fingerprint density at radius 2 is 1.81 bits per heavy atom. The molecule has 1 amide bonds. The summed E-state index contributed by atoms with van der Waals surface area (Å²) < 4.78 is 4.64. The highest BCUT2D eigenvalue weighted by Gasteiger charge is 2.27. The fraction of sp³-hybridized carbons (Fsp3) is 0.467. The van der Waals surface area contributed by atoms with Crippen LogP contribution in [0.25, 0.3) is 0 Å². The summed E-state index contributed by atoms with van der Waals surface area (Å²) in [5.41, 5.74) is 0.807. The number of hydrogen-bond donors (Lipinski definition) is 0. The lowest BCUT2D eigenvalue weighted by Crippen LogP contribution is -2.50. The summed E-state index contributed by atoms with van der Waals surface area (Å²) in [4.78, 5) is 27.3. The smallest absolute Gasteiger partial charge is 0.319 e. The maximum Gasteiger partial charge on any atom is 0.319 e. The number of amides is 1. The van der Waals surface area contributed by atoms with Crippen LogP contribution < -0.4 is 0 Å². The molecular formula is C15H19ClN2O3. The maximum absolute atomic E-state index is 12.4. The zero-order valence-corrected chi connectivity index (χ0v) is 12.8. The first kappa shape index (κ1) is 15.8. The molecule has 114 valence electrons. The number of piperazine rings is 1. The van der Waals surface area contributed by atoms with Crippen LogP contribution in [0.4, 0.5) is 0 Å². The molecule has 1 unspecified atom stereocenters. The van der Waals surface area contributed by atoms with E-state index in [1.54, 1.807) is 4.90 Å². The summed E-state index contributed by atoms with van der Waals surface area (Å²) in [7, 11) is 1.38. The van der Waals surface area contributed by atoms with Gasteiger partial charge in [-0.2, -0.15) is 0 Å². The highest BCUT2D eigenvalue weighted by atomic mass is 35.5. The second-order valence-electron chi connectivity index (χ2n) is 4.95. The van der Waals surface area contributed by atoms with Crippen LogP contribution in [0.15, 0.2) is 30.3 Å². The Labute approximate surface area is 129 Å². The molecule has 1 aromatic carbocycles. The van der Waals surface area contributed by atoms with E-state index in [0.29, 0.717) is 26.2 Å². The fourth-order valence-electron chi connectivity index (χ4n) is 2.30. The van der Waals surface area contributed by atoms with Gasteiger partial charge in [0.05, 0.1) is 13.7 Å². The van der Waals surface area contributed by atoms with Crippen LogP contribution in [0.5, 0.6) is 0 Å². The molecule has 21 heavy (non-hydrogen) atoms. The zero-order chi connectivity index (χ0) is 15.2. The van der Waals surface area contributed by atoms with Gasteiger partial charge in [0.15, 0.2) is 0 Å². The summed E-state index contributed by atoms with van der Waals surface area (Å²) in [6.45, 7) is 2.72. The largest absolute Gasteiger partial charge is 0.468 e. The van der Waals surface area contributed by atoms with Crippen molar-refractivity contribution in [3.8, 4) is 0 Å². The van der Waals surface area contributed by atoms with Crippen molar-refractivity contribution < 1.29 is 14.3 Å². The number of rotatable bonds is 4. The van der Waals surface area contributed by atoms with Crippen molar-refractivity contribution in [1.82, 2.24) is 9.80 Å². The van der Waals surface area contributed by atoms with Crippen molar-refractivity contribution in [3.05, 3.63) is 35.9 Å². The average Bonchev–Trinajstić information content (AvgIpc) is 2.55. The molecule has 6 heteroatoms. The standard InChI is InChI=1S/C15H19ClN2O3/c1-21-13(19)11-17-7-9-18(10-8-17)15(20)14(16)12-5-3-2-4-6-12/h2-6,14H,7-11H2,1H3. The predicted octanol–water partition coefficient (Wildman–Crippen LogP) is 1.28. The van der Waals surface area contributed by atoms with Crippen molar-refractivity contribution in [2.45, 2.75) is 5.38 Å². The number of alkyl halides is 1. The van der Waals surface area contributed by atoms with E-state index in [1.807, 2.05) is 35.2 Å². The third kappa shape index (κ3) is 4.19. The monoisotopic (exact) mass is 310 g/mol. The first-order chi connectivity index (χ1) is 10.1. The number of carbonyl (C=O) groups excluding carboxylic acids is 2.